The highest BCUT2D eigenvalue weighted by atomic mass is 35.5. The van der Waals surface area contributed by atoms with Gasteiger partial charge >= 0.3 is 0 Å². The van der Waals surface area contributed by atoms with Crippen molar-refractivity contribution < 1.29 is 13.3 Å². The Morgan fingerprint density at radius 1 is 1.50 bits per heavy atom. The highest BCUT2D eigenvalue weighted by Crippen LogP contribution is 2.28. The monoisotopic (exact) mass is 317 g/mol. The van der Waals surface area contributed by atoms with Crippen molar-refractivity contribution in [1.82, 2.24) is 4.31 Å². The number of sulfonamides is 1. The normalized spacial score (nSPS) is 11.3. The molecule has 0 radical (unpaired) electrons. The van der Waals surface area contributed by atoms with Gasteiger partial charge in [0, 0.05) is 31.6 Å². The van der Waals surface area contributed by atoms with Crippen LogP contribution in [0.4, 0.5) is 5.69 Å². The van der Waals surface area contributed by atoms with Gasteiger partial charge in [-0.2, -0.15) is 9.57 Å². The van der Waals surface area contributed by atoms with Gasteiger partial charge in [-0.25, -0.2) is 8.42 Å². The summed E-state index contributed by atoms with van der Waals surface area (Å²) >= 11 is 5.83. The SMILES string of the molecule is CCN(CCC#N)S(=O)(=O)c1cc([N+](=O)[O-])ccc1Cl. The van der Waals surface area contributed by atoms with Gasteiger partial charge < -0.3 is 0 Å². The Balaban J connectivity index is 3.30. The first kappa shape index (κ1) is 16.4. The van der Waals surface area contributed by atoms with Crippen LogP contribution in [-0.2, 0) is 10.0 Å². The van der Waals surface area contributed by atoms with Gasteiger partial charge in [0.1, 0.15) is 4.90 Å². The molecule has 0 unspecified atom stereocenters. The second-order valence-corrected chi connectivity index (χ2v) is 6.09. The minimum absolute atomic E-state index is 0.00829. The van der Waals surface area contributed by atoms with Crippen LogP contribution in [-0.4, -0.2) is 30.7 Å². The standard InChI is InChI=1S/C11H12ClN3O4S/c1-2-14(7-3-6-13)20(18,19)11-8-9(15(16)17)4-5-10(11)12/h4-5,8H,2-3,7H2,1H3. The van der Waals surface area contributed by atoms with Crippen LogP contribution in [0, 0.1) is 21.4 Å². The summed E-state index contributed by atoms with van der Waals surface area (Å²) in [6.07, 6.45) is 0.0274. The van der Waals surface area contributed by atoms with Crippen LogP contribution in [0.3, 0.4) is 0 Å². The van der Waals surface area contributed by atoms with Crippen LogP contribution in [0.5, 0.6) is 0 Å². The summed E-state index contributed by atoms with van der Waals surface area (Å²) in [4.78, 5) is 9.69. The second kappa shape index (κ2) is 6.65. The molecule has 108 valence electrons. The van der Waals surface area contributed by atoms with Gasteiger partial charge in [-0.3, -0.25) is 10.1 Å². The summed E-state index contributed by atoms with van der Waals surface area (Å²) in [6, 6.07) is 5.08. The zero-order valence-electron chi connectivity index (χ0n) is 10.6. The molecule has 0 aliphatic carbocycles. The van der Waals surface area contributed by atoms with Gasteiger partial charge in [-0.05, 0) is 6.07 Å². The first-order valence-corrected chi connectivity index (χ1v) is 7.47. The van der Waals surface area contributed by atoms with E-state index in [0.717, 1.165) is 16.4 Å². The third kappa shape index (κ3) is 3.45. The zero-order chi connectivity index (χ0) is 15.3. The number of nitriles is 1. The zero-order valence-corrected chi connectivity index (χ0v) is 12.2. The molecule has 0 aliphatic heterocycles. The molecule has 0 N–H and O–H groups in total. The van der Waals surface area contributed by atoms with Crippen molar-refractivity contribution in [3.05, 3.63) is 33.3 Å². The van der Waals surface area contributed by atoms with E-state index in [9.17, 15) is 18.5 Å². The minimum Gasteiger partial charge on any atom is -0.258 e. The van der Waals surface area contributed by atoms with Gasteiger partial charge in [-0.1, -0.05) is 18.5 Å². The molecule has 20 heavy (non-hydrogen) atoms. The fourth-order valence-corrected chi connectivity index (χ4v) is 3.51. The molecule has 1 aromatic rings. The van der Waals surface area contributed by atoms with E-state index in [-0.39, 0.29) is 35.1 Å². The molecule has 1 aromatic carbocycles. The maximum absolute atomic E-state index is 12.4. The molecule has 0 bridgehead atoms. The molecule has 0 atom stereocenters. The van der Waals surface area contributed by atoms with E-state index in [1.807, 2.05) is 6.07 Å². The molecular formula is C11H12ClN3O4S. The lowest BCUT2D eigenvalue weighted by atomic mass is 10.3. The van der Waals surface area contributed by atoms with Crippen molar-refractivity contribution in [2.75, 3.05) is 13.1 Å². The van der Waals surface area contributed by atoms with Crippen LogP contribution < -0.4 is 0 Å². The Kier molecular flexibility index (Phi) is 5.44. The molecule has 0 fully saturated rings. The van der Waals surface area contributed by atoms with Gasteiger partial charge in [0.15, 0.2) is 0 Å². The van der Waals surface area contributed by atoms with Crippen LogP contribution in [0.2, 0.25) is 5.02 Å². The molecule has 0 aliphatic rings. The summed E-state index contributed by atoms with van der Waals surface area (Å²) < 4.78 is 25.8. The van der Waals surface area contributed by atoms with Gasteiger partial charge in [0.2, 0.25) is 10.0 Å². The number of nitro groups is 1. The van der Waals surface area contributed by atoms with Crippen LogP contribution in [0.25, 0.3) is 0 Å². The fraction of sp³-hybridized carbons (Fsp3) is 0.364. The van der Waals surface area contributed by atoms with Crippen molar-refractivity contribution in [3.63, 3.8) is 0 Å². The summed E-state index contributed by atoms with van der Waals surface area (Å²) in [7, 11) is -3.96. The number of rotatable bonds is 6. The Hall–Kier alpha value is -1.69. The Bertz CT molecular complexity index is 654. The van der Waals surface area contributed by atoms with Gasteiger partial charge in [0.05, 0.1) is 16.0 Å². The van der Waals surface area contributed by atoms with E-state index < -0.39 is 14.9 Å². The lowest BCUT2D eigenvalue weighted by molar-refractivity contribution is -0.385. The van der Waals surface area contributed by atoms with E-state index >= 15 is 0 Å². The highest BCUT2D eigenvalue weighted by molar-refractivity contribution is 7.89. The Morgan fingerprint density at radius 3 is 2.65 bits per heavy atom. The number of nitro benzene ring substituents is 1. The summed E-state index contributed by atoms with van der Waals surface area (Å²) in [5, 5.41) is 19.2. The Morgan fingerprint density at radius 2 is 2.15 bits per heavy atom. The third-order valence-corrected chi connectivity index (χ3v) is 5.02. The molecule has 7 nitrogen and oxygen atoms in total. The van der Waals surface area contributed by atoms with Crippen molar-refractivity contribution in [2.45, 2.75) is 18.2 Å². The number of nitrogens with zero attached hydrogens (tertiary/aromatic N) is 3. The van der Waals surface area contributed by atoms with Crippen molar-refractivity contribution >= 4 is 27.3 Å². The third-order valence-electron chi connectivity index (χ3n) is 2.57. The van der Waals surface area contributed by atoms with Crippen molar-refractivity contribution in [2.24, 2.45) is 0 Å². The first-order chi connectivity index (χ1) is 9.34. The summed E-state index contributed by atoms with van der Waals surface area (Å²) in [5.41, 5.74) is -0.357. The number of hydrogen-bond donors (Lipinski definition) is 0. The van der Waals surface area contributed by atoms with Crippen LogP contribution in [0.15, 0.2) is 23.1 Å². The lowest BCUT2D eigenvalue weighted by Gasteiger charge is -2.19. The smallest absolute Gasteiger partial charge is 0.258 e. The number of non-ortho nitro benzene ring substituents is 1. The number of benzene rings is 1. The topological polar surface area (TPSA) is 104 Å². The maximum atomic E-state index is 12.4. The molecule has 0 spiro atoms. The largest absolute Gasteiger partial charge is 0.270 e. The van der Waals surface area contributed by atoms with E-state index in [2.05, 4.69) is 0 Å². The molecule has 9 heteroatoms. The fourth-order valence-electron chi connectivity index (χ4n) is 1.57. The molecule has 0 saturated heterocycles. The molecule has 1 rings (SSSR count). The average Bonchev–Trinajstić information content (AvgIpc) is 2.39. The van der Waals surface area contributed by atoms with Crippen LogP contribution in [0.1, 0.15) is 13.3 Å². The molecule has 0 saturated carbocycles. The molecular weight excluding hydrogens is 306 g/mol. The predicted octanol–water partition coefficient (Wildman–Crippen LogP) is 2.17. The van der Waals surface area contributed by atoms with Crippen molar-refractivity contribution in [3.8, 4) is 6.07 Å². The van der Waals surface area contributed by atoms with E-state index in [1.54, 1.807) is 6.92 Å². The van der Waals surface area contributed by atoms with E-state index in [1.165, 1.54) is 6.07 Å². The summed E-state index contributed by atoms with van der Waals surface area (Å²) in [5.74, 6) is 0. The highest BCUT2D eigenvalue weighted by Gasteiger charge is 2.27. The number of hydrogen-bond acceptors (Lipinski definition) is 5. The summed E-state index contributed by atoms with van der Waals surface area (Å²) in [6.45, 7) is 1.76. The number of halogens is 1. The molecule has 0 amide bonds. The average molecular weight is 318 g/mol. The maximum Gasteiger partial charge on any atom is 0.270 e. The molecule has 0 aromatic heterocycles. The van der Waals surface area contributed by atoms with Crippen molar-refractivity contribution in [1.29, 1.82) is 5.26 Å². The van der Waals surface area contributed by atoms with Crippen LogP contribution >= 0.6 is 11.6 Å². The van der Waals surface area contributed by atoms with E-state index in [4.69, 9.17) is 16.9 Å². The molecule has 0 heterocycles. The second-order valence-electron chi connectivity index (χ2n) is 3.78. The Labute approximate surface area is 121 Å². The van der Waals surface area contributed by atoms with E-state index in [0.29, 0.717) is 0 Å². The quantitative estimate of drug-likeness (QED) is 0.590. The lowest BCUT2D eigenvalue weighted by Crippen LogP contribution is -2.32. The van der Waals surface area contributed by atoms with Gasteiger partial charge in [-0.15, -0.1) is 0 Å². The predicted molar refractivity (Wildman–Crippen MR) is 72.8 cm³/mol. The van der Waals surface area contributed by atoms with Gasteiger partial charge in [0.25, 0.3) is 5.69 Å². The first-order valence-electron chi connectivity index (χ1n) is 5.65. The minimum atomic E-state index is -3.96.